The average Bonchev–Trinajstić information content (AvgIpc) is 2.57. The van der Waals surface area contributed by atoms with Crippen LogP contribution in [-0.2, 0) is 4.79 Å². The third kappa shape index (κ3) is 2.07. The molecule has 0 aromatic heterocycles. The van der Waals surface area contributed by atoms with Gasteiger partial charge in [0.2, 0.25) is 5.91 Å². The summed E-state index contributed by atoms with van der Waals surface area (Å²) >= 11 is 0. The van der Waals surface area contributed by atoms with Gasteiger partial charge in [-0.25, -0.2) is 4.39 Å². The fourth-order valence-electron chi connectivity index (χ4n) is 2.08. The molecule has 16 heavy (non-hydrogen) atoms. The Balaban J connectivity index is 2.19. The molecule has 2 N–H and O–H groups in total. The molecule has 1 heterocycles. The van der Waals surface area contributed by atoms with Crippen LogP contribution in [0.15, 0.2) is 24.3 Å². The van der Waals surface area contributed by atoms with Crippen LogP contribution in [0.25, 0.3) is 0 Å². The van der Waals surface area contributed by atoms with Crippen molar-refractivity contribution in [2.75, 3.05) is 6.54 Å². The summed E-state index contributed by atoms with van der Waals surface area (Å²) < 4.78 is 13.1. The maximum absolute atomic E-state index is 13.1. The van der Waals surface area contributed by atoms with Crippen molar-refractivity contribution in [3.8, 4) is 0 Å². The van der Waals surface area contributed by atoms with Crippen LogP contribution in [0.2, 0.25) is 0 Å². The number of halogens is 1. The average molecular weight is 222 g/mol. The lowest BCUT2D eigenvalue weighted by atomic mass is 10.1. The Labute approximate surface area is 94.0 Å². The highest BCUT2D eigenvalue weighted by Gasteiger charge is 2.30. The van der Waals surface area contributed by atoms with Crippen molar-refractivity contribution in [1.29, 1.82) is 0 Å². The fraction of sp³-hybridized carbons (Fsp3) is 0.417. The fourth-order valence-corrected chi connectivity index (χ4v) is 2.08. The molecular weight excluding hydrogens is 207 g/mol. The lowest BCUT2D eigenvalue weighted by Crippen LogP contribution is -2.30. The molecule has 1 aromatic carbocycles. The molecule has 0 aliphatic carbocycles. The van der Waals surface area contributed by atoms with Gasteiger partial charge in [-0.15, -0.1) is 0 Å². The second-order valence-corrected chi connectivity index (χ2v) is 4.24. The topological polar surface area (TPSA) is 46.3 Å². The summed E-state index contributed by atoms with van der Waals surface area (Å²) in [5.74, 6) is -0.232. The number of nitrogens with two attached hydrogens (primary N) is 1. The van der Waals surface area contributed by atoms with Crippen LogP contribution in [0, 0.1) is 5.82 Å². The second-order valence-electron chi connectivity index (χ2n) is 4.24. The van der Waals surface area contributed by atoms with E-state index in [-0.39, 0.29) is 23.8 Å². The van der Waals surface area contributed by atoms with Crippen LogP contribution >= 0.6 is 0 Å². The SMILES string of the molecule is CC(c1cccc(F)c1)N1CC(N)CC1=O. The number of hydrogen-bond acceptors (Lipinski definition) is 2. The number of rotatable bonds is 2. The van der Waals surface area contributed by atoms with Gasteiger partial charge < -0.3 is 10.6 Å². The first kappa shape index (κ1) is 11.1. The summed E-state index contributed by atoms with van der Waals surface area (Å²) in [5.41, 5.74) is 6.53. The van der Waals surface area contributed by atoms with E-state index in [4.69, 9.17) is 5.73 Å². The monoisotopic (exact) mass is 222 g/mol. The van der Waals surface area contributed by atoms with Gasteiger partial charge in [0, 0.05) is 19.0 Å². The molecule has 1 saturated heterocycles. The minimum Gasteiger partial charge on any atom is -0.334 e. The highest BCUT2D eigenvalue weighted by molar-refractivity contribution is 5.79. The zero-order valence-electron chi connectivity index (χ0n) is 9.19. The Kier molecular flexibility index (Phi) is 2.92. The largest absolute Gasteiger partial charge is 0.334 e. The van der Waals surface area contributed by atoms with E-state index < -0.39 is 0 Å². The van der Waals surface area contributed by atoms with E-state index in [1.165, 1.54) is 12.1 Å². The molecule has 1 aromatic rings. The third-order valence-electron chi connectivity index (χ3n) is 2.99. The molecule has 1 aliphatic rings. The summed E-state index contributed by atoms with van der Waals surface area (Å²) in [7, 11) is 0. The Bertz CT molecular complexity index is 408. The summed E-state index contributed by atoms with van der Waals surface area (Å²) in [6.07, 6.45) is 0.389. The standard InChI is InChI=1S/C12H15FN2O/c1-8(9-3-2-4-10(13)5-9)15-7-11(14)6-12(15)16/h2-5,8,11H,6-7,14H2,1H3. The van der Waals surface area contributed by atoms with Gasteiger partial charge in [0.05, 0.1) is 6.04 Å². The Morgan fingerprint density at radius 3 is 2.88 bits per heavy atom. The third-order valence-corrected chi connectivity index (χ3v) is 2.99. The zero-order valence-corrected chi connectivity index (χ0v) is 9.19. The van der Waals surface area contributed by atoms with E-state index in [0.717, 1.165) is 5.56 Å². The number of likely N-dealkylation sites (tertiary alicyclic amines) is 1. The van der Waals surface area contributed by atoms with Gasteiger partial charge in [-0.3, -0.25) is 4.79 Å². The first-order valence-corrected chi connectivity index (χ1v) is 5.38. The number of nitrogens with zero attached hydrogens (tertiary/aromatic N) is 1. The van der Waals surface area contributed by atoms with E-state index in [9.17, 15) is 9.18 Å². The van der Waals surface area contributed by atoms with Crippen molar-refractivity contribution in [1.82, 2.24) is 4.90 Å². The molecule has 0 spiro atoms. The first-order valence-electron chi connectivity index (χ1n) is 5.38. The van der Waals surface area contributed by atoms with Crippen molar-refractivity contribution in [2.45, 2.75) is 25.4 Å². The van der Waals surface area contributed by atoms with Gasteiger partial charge in [-0.1, -0.05) is 12.1 Å². The molecule has 0 radical (unpaired) electrons. The van der Waals surface area contributed by atoms with Gasteiger partial charge in [0.25, 0.3) is 0 Å². The molecule has 1 amide bonds. The predicted molar refractivity (Wildman–Crippen MR) is 59.1 cm³/mol. The summed E-state index contributed by atoms with van der Waals surface area (Å²) in [6, 6.07) is 6.13. The van der Waals surface area contributed by atoms with Crippen LogP contribution in [0.5, 0.6) is 0 Å². The number of carbonyl (C=O) groups is 1. The molecule has 3 nitrogen and oxygen atoms in total. The zero-order chi connectivity index (χ0) is 11.7. The maximum Gasteiger partial charge on any atom is 0.224 e. The smallest absolute Gasteiger partial charge is 0.224 e. The van der Waals surface area contributed by atoms with Crippen LogP contribution in [0.4, 0.5) is 4.39 Å². The molecule has 0 bridgehead atoms. The van der Waals surface area contributed by atoms with Gasteiger partial charge in [0.1, 0.15) is 5.82 Å². The van der Waals surface area contributed by atoms with Crippen molar-refractivity contribution >= 4 is 5.91 Å². The molecule has 0 saturated carbocycles. The van der Waals surface area contributed by atoms with E-state index in [0.29, 0.717) is 13.0 Å². The van der Waals surface area contributed by atoms with Crippen LogP contribution in [-0.4, -0.2) is 23.4 Å². The molecule has 2 atom stereocenters. The van der Waals surface area contributed by atoms with Gasteiger partial charge in [-0.2, -0.15) is 0 Å². The van der Waals surface area contributed by atoms with Crippen LogP contribution in [0.1, 0.15) is 24.9 Å². The van der Waals surface area contributed by atoms with E-state index >= 15 is 0 Å². The van der Waals surface area contributed by atoms with Crippen molar-refractivity contribution in [3.05, 3.63) is 35.6 Å². The number of carbonyl (C=O) groups excluding carboxylic acids is 1. The summed E-state index contributed by atoms with van der Waals surface area (Å²) in [5, 5.41) is 0. The van der Waals surface area contributed by atoms with Crippen LogP contribution < -0.4 is 5.73 Å². The molecular formula is C12H15FN2O. The lowest BCUT2D eigenvalue weighted by molar-refractivity contribution is -0.129. The highest BCUT2D eigenvalue weighted by atomic mass is 19.1. The van der Waals surface area contributed by atoms with Crippen molar-refractivity contribution < 1.29 is 9.18 Å². The Hall–Kier alpha value is -1.42. The quantitative estimate of drug-likeness (QED) is 0.823. The van der Waals surface area contributed by atoms with Gasteiger partial charge >= 0.3 is 0 Å². The van der Waals surface area contributed by atoms with Crippen molar-refractivity contribution in [3.63, 3.8) is 0 Å². The molecule has 86 valence electrons. The minimum absolute atomic E-state index is 0.0456. The highest BCUT2D eigenvalue weighted by Crippen LogP contribution is 2.25. The van der Waals surface area contributed by atoms with Crippen LogP contribution in [0.3, 0.4) is 0 Å². The van der Waals surface area contributed by atoms with Crippen molar-refractivity contribution in [2.24, 2.45) is 5.73 Å². The Morgan fingerprint density at radius 2 is 2.31 bits per heavy atom. The molecule has 1 aliphatic heterocycles. The molecule has 2 rings (SSSR count). The molecule has 4 heteroatoms. The Morgan fingerprint density at radius 1 is 1.56 bits per heavy atom. The van der Waals surface area contributed by atoms with E-state index in [1.54, 1.807) is 11.0 Å². The van der Waals surface area contributed by atoms with Gasteiger partial charge in [-0.05, 0) is 24.6 Å². The summed E-state index contributed by atoms with van der Waals surface area (Å²) in [4.78, 5) is 13.3. The van der Waals surface area contributed by atoms with E-state index in [1.807, 2.05) is 13.0 Å². The van der Waals surface area contributed by atoms with Gasteiger partial charge in [0.15, 0.2) is 0 Å². The second kappa shape index (κ2) is 4.22. The maximum atomic E-state index is 13.1. The minimum atomic E-state index is -0.278. The normalized spacial score (nSPS) is 22.6. The number of amides is 1. The molecule has 2 unspecified atom stereocenters. The molecule has 1 fully saturated rings. The number of hydrogen-bond donors (Lipinski definition) is 1. The summed E-state index contributed by atoms with van der Waals surface area (Å²) in [6.45, 7) is 2.45. The first-order chi connectivity index (χ1) is 7.58. The lowest BCUT2D eigenvalue weighted by Gasteiger charge is -2.24. The number of benzene rings is 1. The predicted octanol–water partition coefficient (Wildman–Crippen LogP) is 1.45. The van der Waals surface area contributed by atoms with E-state index in [2.05, 4.69) is 0 Å².